The molecule has 0 saturated carbocycles. The van der Waals surface area contributed by atoms with E-state index in [9.17, 15) is 0 Å². The number of nitrogens with zero attached hydrogens (tertiary/aromatic N) is 2. The van der Waals surface area contributed by atoms with Gasteiger partial charge in [-0.1, -0.05) is 24.4 Å². The van der Waals surface area contributed by atoms with E-state index >= 15 is 0 Å². The van der Waals surface area contributed by atoms with Gasteiger partial charge in [-0.05, 0) is 20.3 Å². The lowest BCUT2D eigenvalue weighted by Gasteiger charge is -2.12. The fourth-order valence-electron chi connectivity index (χ4n) is 1.16. The lowest BCUT2D eigenvalue weighted by molar-refractivity contribution is 0.264. The molecule has 0 saturated heterocycles. The van der Waals surface area contributed by atoms with Crippen molar-refractivity contribution in [3.8, 4) is 18.2 Å². The molecule has 16 heavy (non-hydrogen) atoms. The Hall–Kier alpha value is -1.27. The molecule has 86 valence electrons. The first-order chi connectivity index (χ1) is 7.58. The number of hydrogen-bond donors (Lipinski definition) is 0. The predicted octanol–water partition coefficient (Wildman–Crippen LogP) is 2.79. The van der Waals surface area contributed by atoms with E-state index in [1.165, 1.54) is 0 Å². The van der Waals surface area contributed by atoms with Gasteiger partial charge in [0.15, 0.2) is 6.10 Å². The first-order valence-corrected chi connectivity index (χ1v) is 5.62. The van der Waals surface area contributed by atoms with Crippen molar-refractivity contribution in [2.75, 3.05) is 0 Å². The molecule has 0 aliphatic rings. The monoisotopic (exact) mass is 238 g/mol. The average molecular weight is 239 g/mol. The summed E-state index contributed by atoms with van der Waals surface area (Å²) in [5, 5.41) is 0.428. The van der Waals surface area contributed by atoms with Crippen molar-refractivity contribution in [2.45, 2.75) is 39.7 Å². The van der Waals surface area contributed by atoms with E-state index in [0.717, 1.165) is 18.4 Å². The number of hydrogen-bond acceptors (Lipinski definition) is 3. The van der Waals surface area contributed by atoms with Crippen molar-refractivity contribution < 1.29 is 4.74 Å². The van der Waals surface area contributed by atoms with E-state index in [0.29, 0.717) is 16.9 Å². The molecule has 0 aromatic carbocycles. The van der Waals surface area contributed by atoms with Crippen molar-refractivity contribution in [1.29, 1.82) is 0 Å². The summed E-state index contributed by atoms with van der Waals surface area (Å²) in [5.41, 5.74) is 0.726. The third kappa shape index (κ3) is 3.11. The van der Waals surface area contributed by atoms with Crippen LogP contribution in [0.25, 0.3) is 0 Å². The predicted molar refractivity (Wildman–Crippen MR) is 64.7 cm³/mol. The molecule has 1 unspecified atom stereocenters. The highest BCUT2D eigenvalue weighted by molar-refractivity contribution is 6.30. The van der Waals surface area contributed by atoms with Crippen molar-refractivity contribution >= 4 is 11.6 Å². The number of terminal acetylenes is 1. The van der Waals surface area contributed by atoms with Crippen molar-refractivity contribution in [2.24, 2.45) is 0 Å². The van der Waals surface area contributed by atoms with Gasteiger partial charge in [0.05, 0.1) is 0 Å². The number of aryl methyl sites for hydroxylation is 1. The minimum atomic E-state index is -0.320. The van der Waals surface area contributed by atoms with Crippen LogP contribution in [-0.2, 0) is 6.42 Å². The van der Waals surface area contributed by atoms with Crippen LogP contribution in [0.5, 0.6) is 5.88 Å². The highest BCUT2D eigenvalue weighted by Gasteiger charge is 2.11. The van der Waals surface area contributed by atoms with E-state index in [-0.39, 0.29) is 6.10 Å². The molecule has 1 atom stereocenters. The Balaban J connectivity index is 3.02. The SMILES string of the molecule is C#CC(C)Oc1nc(CCC)nc(Cl)c1C. The van der Waals surface area contributed by atoms with Crippen LogP contribution >= 0.6 is 11.6 Å². The second-order valence-corrected chi connectivity index (χ2v) is 3.90. The Labute approximate surface area is 101 Å². The average Bonchev–Trinajstić information content (AvgIpc) is 2.25. The van der Waals surface area contributed by atoms with Crippen molar-refractivity contribution in [3.05, 3.63) is 16.5 Å². The van der Waals surface area contributed by atoms with Crippen LogP contribution < -0.4 is 4.74 Å². The van der Waals surface area contributed by atoms with Gasteiger partial charge in [0.25, 0.3) is 0 Å². The highest BCUT2D eigenvalue weighted by Crippen LogP contribution is 2.23. The molecular weight excluding hydrogens is 224 g/mol. The third-order valence-electron chi connectivity index (χ3n) is 2.08. The Morgan fingerprint density at radius 1 is 1.50 bits per heavy atom. The molecule has 4 heteroatoms. The quantitative estimate of drug-likeness (QED) is 0.598. The lowest BCUT2D eigenvalue weighted by atomic mass is 10.3. The van der Waals surface area contributed by atoms with Crippen LogP contribution in [0.2, 0.25) is 5.15 Å². The summed E-state index contributed by atoms with van der Waals surface area (Å²) in [5.74, 6) is 3.66. The van der Waals surface area contributed by atoms with Crippen LogP contribution in [0.3, 0.4) is 0 Å². The molecule has 0 aliphatic carbocycles. The normalized spacial score (nSPS) is 11.9. The number of aromatic nitrogens is 2. The zero-order valence-electron chi connectivity index (χ0n) is 9.75. The zero-order chi connectivity index (χ0) is 12.1. The minimum Gasteiger partial charge on any atom is -0.461 e. The summed E-state index contributed by atoms with van der Waals surface area (Å²) in [4.78, 5) is 8.48. The van der Waals surface area contributed by atoms with Crippen LogP contribution in [0, 0.1) is 19.3 Å². The van der Waals surface area contributed by atoms with Crippen molar-refractivity contribution in [1.82, 2.24) is 9.97 Å². The van der Waals surface area contributed by atoms with Gasteiger partial charge >= 0.3 is 0 Å². The van der Waals surface area contributed by atoms with E-state index in [4.69, 9.17) is 22.8 Å². The van der Waals surface area contributed by atoms with Gasteiger partial charge in [0.2, 0.25) is 5.88 Å². The largest absolute Gasteiger partial charge is 0.461 e. The van der Waals surface area contributed by atoms with E-state index in [2.05, 4.69) is 22.8 Å². The highest BCUT2D eigenvalue weighted by atomic mass is 35.5. The Morgan fingerprint density at radius 2 is 2.19 bits per heavy atom. The second-order valence-electron chi connectivity index (χ2n) is 3.54. The van der Waals surface area contributed by atoms with E-state index in [1.54, 1.807) is 6.92 Å². The maximum Gasteiger partial charge on any atom is 0.222 e. The molecule has 0 amide bonds. The molecule has 0 N–H and O–H groups in total. The van der Waals surface area contributed by atoms with Gasteiger partial charge in [-0.2, -0.15) is 4.98 Å². The molecule has 0 radical (unpaired) electrons. The van der Waals surface area contributed by atoms with Gasteiger partial charge in [-0.15, -0.1) is 6.42 Å². The molecule has 0 spiro atoms. The summed E-state index contributed by atoms with van der Waals surface area (Å²) in [7, 11) is 0. The zero-order valence-corrected chi connectivity index (χ0v) is 10.5. The van der Waals surface area contributed by atoms with Crippen LogP contribution in [-0.4, -0.2) is 16.1 Å². The van der Waals surface area contributed by atoms with Gasteiger partial charge in [-0.25, -0.2) is 4.98 Å². The van der Waals surface area contributed by atoms with Crippen LogP contribution in [0.15, 0.2) is 0 Å². The summed E-state index contributed by atoms with van der Waals surface area (Å²) < 4.78 is 5.49. The Bertz CT molecular complexity index is 412. The lowest BCUT2D eigenvalue weighted by Crippen LogP contribution is -2.12. The minimum absolute atomic E-state index is 0.320. The van der Waals surface area contributed by atoms with E-state index in [1.807, 2.05) is 6.92 Å². The molecule has 1 aromatic rings. The number of ether oxygens (including phenoxy) is 1. The summed E-state index contributed by atoms with van der Waals surface area (Å²) in [6.45, 7) is 5.66. The molecule has 0 bridgehead atoms. The number of halogens is 1. The van der Waals surface area contributed by atoms with Crippen LogP contribution in [0.1, 0.15) is 31.7 Å². The first-order valence-electron chi connectivity index (χ1n) is 5.24. The molecular formula is C12H15ClN2O. The standard InChI is InChI=1S/C12H15ClN2O/c1-5-7-10-14-11(13)9(4)12(15-10)16-8(3)6-2/h2,8H,5,7H2,1,3-4H3. The smallest absolute Gasteiger partial charge is 0.222 e. The summed E-state index contributed by atoms with van der Waals surface area (Å²) in [6.07, 6.45) is 6.67. The topological polar surface area (TPSA) is 35.0 Å². The second kappa shape index (κ2) is 5.72. The third-order valence-corrected chi connectivity index (χ3v) is 2.45. The summed E-state index contributed by atoms with van der Waals surface area (Å²) in [6, 6.07) is 0. The van der Waals surface area contributed by atoms with Gasteiger partial charge in [0.1, 0.15) is 11.0 Å². The summed E-state index contributed by atoms with van der Waals surface area (Å²) >= 11 is 6.00. The Morgan fingerprint density at radius 3 is 2.75 bits per heavy atom. The maximum absolute atomic E-state index is 6.00. The van der Waals surface area contributed by atoms with Gasteiger partial charge in [0, 0.05) is 12.0 Å². The molecule has 1 aromatic heterocycles. The fourth-order valence-corrected chi connectivity index (χ4v) is 1.34. The molecule has 1 rings (SSSR count). The Kier molecular flexibility index (Phi) is 4.57. The van der Waals surface area contributed by atoms with E-state index < -0.39 is 0 Å². The molecule has 0 fully saturated rings. The van der Waals surface area contributed by atoms with Crippen molar-refractivity contribution in [3.63, 3.8) is 0 Å². The molecule has 1 heterocycles. The van der Waals surface area contributed by atoms with Gasteiger partial charge in [-0.3, -0.25) is 0 Å². The fraction of sp³-hybridized carbons (Fsp3) is 0.500. The van der Waals surface area contributed by atoms with Crippen LogP contribution in [0.4, 0.5) is 0 Å². The maximum atomic E-state index is 6.00. The first kappa shape index (κ1) is 12.8. The number of rotatable bonds is 4. The van der Waals surface area contributed by atoms with Gasteiger partial charge < -0.3 is 4.74 Å². The molecule has 3 nitrogen and oxygen atoms in total. The molecule has 0 aliphatic heterocycles.